The number of nitro groups is 1. The van der Waals surface area contributed by atoms with E-state index in [0.29, 0.717) is 49.0 Å². The van der Waals surface area contributed by atoms with Gasteiger partial charge < -0.3 is 29.2 Å². The lowest BCUT2D eigenvalue weighted by molar-refractivity contribution is -0.384. The molecule has 0 saturated carbocycles. The maximum absolute atomic E-state index is 15.4. The van der Waals surface area contributed by atoms with Crippen LogP contribution in [0.2, 0.25) is 6.82 Å². The Morgan fingerprint density at radius 2 is 2.07 bits per heavy atom. The van der Waals surface area contributed by atoms with Crippen molar-refractivity contribution >= 4 is 46.7 Å². The second-order valence-corrected chi connectivity index (χ2v) is 10.1. The Labute approximate surface area is 238 Å². The molecule has 1 aliphatic heterocycles. The molecule has 3 heterocycles. The van der Waals surface area contributed by atoms with Crippen molar-refractivity contribution in [3.05, 3.63) is 58.2 Å². The number of aromatic nitrogens is 3. The van der Waals surface area contributed by atoms with Crippen molar-refractivity contribution in [2.24, 2.45) is 0 Å². The highest BCUT2D eigenvalue weighted by atomic mass is 19.1. The normalized spacial score (nSPS) is 12.9. The molecule has 41 heavy (non-hydrogen) atoms. The molecule has 0 atom stereocenters. The summed E-state index contributed by atoms with van der Waals surface area (Å²) in [5, 5.41) is 16.0. The number of anilines is 3. The standard InChI is InChI=1S/C28H32BFN7O4/c1-29-18-13-21(35(4)10-9-34(2)3)22(37(38)39)14-20(18)32-28-31-15-19(30)26(33-28)25-17-7-6-8-24(40-5)27(17)36-11-12-41-16-23(25)36/h6-8,13-15H,9-12,16H2,1-5H3,(H,31,32,33). The van der Waals surface area contributed by atoms with Crippen LogP contribution in [0.1, 0.15) is 5.69 Å². The first-order chi connectivity index (χ1) is 19.7. The van der Waals surface area contributed by atoms with Gasteiger partial charge in [0, 0.05) is 49.4 Å². The van der Waals surface area contributed by atoms with Crippen LogP contribution in [-0.2, 0) is 17.9 Å². The third kappa shape index (κ3) is 5.42. The lowest BCUT2D eigenvalue weighted by Crippen LogP contribution is -2.30. The van der Waals surface area contributed by atoms with E-state index >= 15 is 4.39 Å². The number of hydrogen-bond donors (Lipinski definition) is 1. The van der Waals surface area contributed by atoms with Gasteiger partial charge in [-0.25, -0.2) is 14.4 Å². The number of ether oxygens (including phenoxy) is 2. The number of nitrogens with zero attached hydrogens (tertiary/aromatic N) is 6. The van der Waals surface area contributed by atoms with E-state index in [1.54, 1.807) is 13.2 Å². The molecule has 0 aliphatic carbocycles. The number of nitro benzene ring substituents is 1. The smallest absolute Gasteiger partial charge is 0.294 e. The first-order valence-electron chi connectivity index (χ1n) is 13.3. The number of benzene rings is 2. The minimum absolute atomic E-state index is 0.0570. The SMILES string of the molecule is C[B]c1cc(N(C)CCN(C)C)c([N+](=O)[O-])cc1Nc1ncc(F)c(-c2c3n(c4c(OC)cccc24)CCOC3)n1. The van der Waals surface area contributed by atoms with Crippen molar-refractivity contribution in [3.63, 3.8) is 0 Å². The van der Waals surface area contributed by atoms with Crippen LogP contribution in [0.3, 0.4) is 0 Å². The Morgan fingerprint density at radius 1 is 1.27 bits per heavy atom. The van der Waals surface area contributed by atoms with Crippen LogP contribution >= 0.6 is 0 Å². The molecule has 2 aromatic carbocycles. The summed E-state index contributed by atoms with van der Waals surface area (Å²) in [5.74, 6) is 0.196. The molecule has 5 rings (SSSR count). The highest BCUT2D eigenvalue weighted by molar-refractivity contribution is 6.54. The molecular formula is C28H32BFN7O4. The summed E-state index contributed by atoms with van der Waals surface area (Å²) < 4.78 is 28.8. The van der Waals surface area contributed by atoms with E-state index in [1.807, 2.05) is 63.2 Å². The molecule has 213 valence electrons. The zero-order valence-corrected chi connectivity index (χ0v) is 23.8. The van der Waals surface area contributed by atoms with Crippen molar-refractivity contribution in [2.45, 2.75) is 20.0 Å². The lowest BCUT2D eigenvalue weighted by atomic mass is 9.72. The van der Waals surface area contributed by atoms with E-state index in [4.69, 9.17) is 9.47 Å². The molecule has 0 fully saturated rings. The van der Waals surface area contributed by atoms with Gasteiger partial charge in [0.2, 0.25) is 5.95 Å². The molecule has 0 saturated heterocycles. The van der Waals surface area contributed by atoms with E-state index in [1.165, 1.54) is 6.07 Å². The number of rotatable bonds is 10. The van der Waals surface area contributed by atoms with Gasteiger partial charge in [0.1, 0.15) is 17.1 Å². The topological polar surface area (TPSA) is 111 Å². The Morgan fingerprint density at radius 3 is 2.78 bits per heavy atom. The van der Waals surface area contributed by atoms with Gasteiger partial charge in [0.05, 0.1) is 42.7 Å². The van der Waals surface area contributed by atoms with Crippen LogP contribution in [0, 0.1) is 15.9 Å². The van der Waals surface area contributed by atoms with Gasteiger partial charge in [0.25, 0.3) is 5.69 Å². The van der Waals surface area contributed by atoms with Crippen LogP contribution in [0.5, 0.6) is 5.75 Å². The Bertz CT molecular complexity index is 1610. The van der Waals surface area contributed by atoms with Gasteiger partial charge in [-0.15, -0.1) is 0 Å². The number of likely N-dealkylation sites (N-methyl/N-ethyl adjacent to an activating group) is 2. The third-order valence-electron chi connectivity index (χ3n) is 7.25. The maximum atomic E-state index is 15.4. The minimum atomic E-state index is -0.592. The quantitative estimate of drug-likeness (QED) is 0.176. The number of methoxy groups -OCH3 is 1. The average Bonchev–Trinajstić information content (AvgIpc) is 3.31. The van der Waals surface area contributed by atoms with Crippen LogP contribution in [0.4, 0.5) is 27.4 Å². The number of fused-ring (bicyclic) bond motifs is 3. The predicted octanol–water partition coefficient (Wildman–Crippen LogP) is 3.80. The van der Waals surface area contributed by atoms with E-state index in [2.05, 4.69) is 19.9 Å². The van der Waals surface area contributed by atoms with E-state index < -0.39 is 10.7 Å². The van der Waals surface area contributed by atoms with Gasteiger partial charge in [-0.3, -0.25) is 10.1 Å². The Kier molecular flexibility index (Phi) is 8.09. The van der Waals surface area contributed by atoms with Gasteiger partial charge in [0.15, 0.2) is 13.1 Å². The molecular weight excluding hydrogens is 528 g/mol. The number of halogens is 1. The lowest BCUT2D eigenvalue weighted by Gasteiger charge is -2.23. The zero-order valence-electron chi connectivity index (χ0n) is 23.8. The summed E-state index contributed by atoms with van der Waals surface area (Å²) in [4.78, 5) is 24.3. The summed E-state index contributed by atoms with van der Waals surface area (Å²) in [7, 11) is 9.19. The molecule has 0 amide bonds. The van der Waals surface area contributed by atoms with Gasteiger partial charge in [-0.2, -0.15) is 0 Å². The Hall–Kier alpha value is -4.23. The monoisotopic (exact) mass is 560 g/mol. The minimum Gasteiger partial charge on any atom is -0.495 e. The van der Waals surface area contributed by atoms with Crippen LogP contribution in [0.15, 0.2) is 36.5 Å². The number of nitrogens with one attached hydrogen (secondary N) is 1. The fourth-order valence-electron chi connectivity index (χ4n) is 5.16. The maximum Gasteiger partial charge on any atom is 0.294 e. The fraction of sp³-hybridized carbons (Fsp3) is 0.357. The molecule has 1 radical (unpaired) electrons. The first-order valence-corrected chi connectivity index (χ1v) is 13.3. The van der Waals surface area contributed by atoms with Gasteiger partial charge in [-0.1, -0.05) is 24.4 Å². The summed E-state index contributed by atoms with van der Waals surface area (Å²) >= 11 is 0. The van der Waals surface area contributed by atoms with E-state index in [9.17, 15) is 10.1 Å². The molecule has 4 aromatic rings. The number of hydrogen-bond acceptors (Lipinski definition) is 9. The summed E-state index contributed by atoms with van der Waals surface area (Å²) in [6.45, 7) is 4.61. The van der Waals surface area contributed by atoms with Gasteiger partial charge in [-0.05, 0) is 26.2 Å². The molecule has 0 unspecified atom stereocenters. The average molecular weight is 560 g/mol. The first kappa shape index (κ1) is 28.3. The van der Waals surface area contributed by atoms with Crippen molar-refractivity contribution < 1.29 is 18.8 Å². The summed E-state index contributed by atoms with van der Waals surface area (Å²) in [6, 6.07) is 8.87. The molecule has 0 spiro atoms. The number of para-hydroxylation sites is 1. The van der Waals surface area contributed by atoms with Crippen molar-refractivity contribution in [2.75, 3.05) is 58.2 Å². The van der Waals surface area contributed by atoms with Crippen molar-refractivity contribution in [3.8, 4) is 17.0 Å². The highest BCUT2D eigenvalue weighted by Crippen LogP contribution is 2.41. The molecule has 13 heteroatoms. The van der Waals surface area contributed by atoms with E-state index in [-0.39, 0.29) is 17.3 Å². The van der Waals surface area contributed by atoms with Gasteiger partial charge >= 0.3 is 0 Å². The molecule has 1 N–H and O–H groups in total. The highest BCUT2D eigenvalue weighted by Gasteiger charge is 2.27. The second kappa shape index (κ2) is 11.7. The molecule has 2 aromatic heterocycles. The fourth-order valence-corrected chi connectivity index (χ4v) is 5.16. The molecule has 11 nitrogen and oxygen atoms in total. The van der Waals surface area contributed by atoms with Crippen molar-refractivity contribution in [1.29, 1.82) is 0 Å². The van der Waals surface area contributed by atoms with E-state index in [0.717, 1.165) is 34.8 Å². The van der Waals surface area contributed by atoms with Crippen LogP contribution < -0.4 is 20.4 Å². The summed E-state index contributed by atoms with van der Waals surface area (Å²) in [6.07, 6.45) is 1.11. The predicted molar refractivity (Wildman–Crippen MR) is 159 cm³/mol. The van der Waals surface area contributed by atoms with Crippen molar-refractivity contribution in [1.82, 2.24) is 19.4 Å². The van der Waals surface area contributed by atoms with Crippen LogP contribution in [0.25, 0.3) is 22.2 Å². The molecule has 0 bridgehead atoms. The molecule has 1 aliphatic rings. The largest absolute Gasteiger partial charge is 0.495 e. The van der Waals surface area contributed by atoms with Crippen LogP contribution in [-0.4, -0.2) is 79.6 Å². The summed E-state index contributed by atoms with van der Waals surface area (Å²) in [5.41, 5.74) is 3.96. The zero-order chi connectivity index (χ0) is 29.3. The third-order valence-corrected chi connectivity index (χ3v) is 7.25. The second-order valence-electron chi connectivity index (χ2n) is 10.1. The Balaban J connectivity index is 1.58.